The van der Waals surface area contributed by atoms with Gasteiger partial charge in [-0.1, -0.05) is 31.9 Å². The summed E-state index contributed by atoms with van der Waals surface area (Å²) in [6, 6.07) is 6.12. The molecule has 0 aliphatic carbocycles. The first-order valence-electron chi connectivity index (χ1n) is 7.22. The predicted octanol–water partition coefficient (Wildman–Crippen LogP) is 2.82. The summed E-state index contributed by atoms with van der Waals surface area (Å²) >= 11 is 0. The Kier molecular flexibility index (Phi) is 7.53. The van der Waals surface area contributed by atoms with E-state index in [4.69, 9.17) is 4.74 Å². The third-order valence-electron chi connectivity index (χ3n) is 3.11. The molecule has 19 heavy (non-hydrogen) atoms. The highest BCUT2D eigenvalue weighted by molar-refractivity contribution is 5.35. The summed E-state index contributed by atoms with van der Waals surface area (Å²) in [4.78, 5) is 0. The fraction of sp³-hybridized carbons (Fsp3) is 0.625. The van der Waals surface area contributed by atoms with Gasteiger partial charge >= 0.3 is 0 Å². The number of unbranched alkanes of at least 4 members (excludes halogenated alkanes) is 2. The van der Waals surface area contributed by atoms with Gasteiger partial charge < -0.3 is 15.2 Å². The lowest BCUT2D eigenvalue weighted by molar-refractivity contribution is 0.106. The molecule has 0 aromatic heterocycles. The molecule has 2 N–H and O–H groups in total. The number of hydrogen-bond acceptors (Lipinski definition) is 3. The fourth-order valence-corrected chi connectivity index (χ4v) is 1.88. The molecule has 0 aliphatic heterocycles. The van der Waals surface area contributed by atoms with E-state index in [9.17, 15) is 5.11 Å². The van der Waals surface area contributed by atoms with Crippen molar-refractivity contribution in [3.05, 3.63) is 29.3 Å². The van der Waals surface area contributed by atoms with Crippen LogP contribution < -0.4 is 10.1 Å². The fourth-order valence-electron chi connectivity index (χ4n) is 1.88. The Bertz CT molecular complexity index is 366. The SMILES string of the molecule is CCCCCNCC(O)COc1cc(C)ccc1C. The van der Waals surface area contributed by atoms with Gasteiger partial charge in [-0.05, 0) is 44.0 Å². The zero-order valence-corrected chi connectivity index (χ0v) is 12.4. The quantitative estimate of drug-likeness (QED) is 0.675. The molecule has 1 aromatic carbocycles. The maximum atomic E-state index is 9.84. The third-order valence-corrected chi connectivity index (χ3v) is 3.11. The molecule has 0 fully saturated rings. The van der Waals surface area contributed by atoms with Crippen LogP contribution in [-0.2, 0) is 0 Å². The largest absolute Gasteiger partial charge is 0.491 e. The number of nitrogens with one attached hydrogen (secondary N) is 1. The summed E-state index contributed by atoms with van der Waals surface area (Å²) in [5.74, 6) is 0.866. The molecule has 0 amide bonds. The van der Waals surface area contributed by atoms with Crippen molar-refractivity contribution in [3.8, 4) is 5.75 Å². The topological polar surface area (TPSA) is 41.5 Å². The lowest BCUT2D eigenvalue weighted by Crippen LogP contribution is -2.32. The Hall–Kier alpha value is -1.06. The highest BCUT2D eigenvalue weighted by Crippen LogP contribution is 2.19. The van der Waals surface area contributed by atoms with Gasteiger partial charge in [-0.3, -0.25) is 0 Å². The van der Waals surface area contributed by atoms with E-state index in [2.05, 4.69) is 18.3 Å². The van der Waals surface area contributed by atoms with Gasteiger partial charge in [-0.2, -0.15) is 0 Å². The highest BCUT2D eigenvalue weighted by atomic mass is 16.5. The maximum absolute atomic E-state index is 9.84. The van der Waals surface area contributed by atoms with E-state index in [1.807, 2.05) is 26.0 Å². The molecule has 3 nitrogen and oxygen atoms in total. The molecule has 3 heteroatoms. The number of aliphatic hydroxyl groups is 1. The molecule has 0 bridgehead atoms. The summed E-state index contributed by atoms with van der Waals surface area (Å²) in [6.07, 6.45) is 3.17. The first-order valence-corrected chi connectivity index (χ1v) is 7.22. The molecule has 0 aliphatic rings. The zero-order valence-electron chi connectivity index (χ0n) is 12.4. The van der Waals surface area contributed by atoms with Gasteiger partial charge in [0.25, 0.3) is 0 Å². The molecule has 0 heterocycles. The Morgan fingerprint density at radius 1 is 1.26 bits per heavy atom. The Morgan fingerprint density at radius 2 is 2.05 bits per heavy atom. The van der Waals surface area contributed by atoms with Crippen LogP contribution in [0.4, 0.5) is 0 Å². The van der Waals surface area contributed by atoms with Gasteiger partial charge in [0.15, 0.2) is 0 Å². The van der Waals surface area contributed by atoms with Crippen molar-refractivity contribution in [2.75, 3.05) is 19.7 Å². The summed E-state index contributed by atoms with van der Waals surface area (Å²) in [6.45, 7) is 8.14. The zero-order chi connectivity index (χ0) is 14.1. The first kappa shape index (κ1) is 16.0. The predicted molar refractivity (Wildman–Crippen MR) is 79.8 cm³/mol. The highest BCUT2D eigenvalue weighted by Gasteiger charge is 2.06. The van der Waals surface area contributed by atoms with Gasteiger partial charge in [0, 0.05) is 6.54 Å². The number of aryl methyl sites for hydroxylation is 2. The van der Waals surface area contributed by atoms with E-state index in [1.165, 1.54) is 24.8 Å². The standard InChI is InChI=1S/C16H27NO2/c1-4-5-6-9-17-11-15(18)12-19-16-10-13(2)7-8-14(16)3/h7-8,10,15,17-18H,4-6,9,11-12H2,1-3H3. The second kappa shape index (κ2) is 8.94. The molecule has 108 valence electrons. The van der Waals surface area contributed by atoms with E-state index in [-0.39, 0.29) is 0 Å². The molecule has 0 spiro atoms. The first-order chi connectivity index (χ1) is 9.13. The lowest BCUT2D eigenvalue weighted by atomic mass is 10.1. The average Bonchev–Trinajstić information content (AvgIpc) is 2.39. The molecule has 1 atom stereocenters. The van der Waals surface area contributed by atoms with Crippen LogP contribution in [-0.4, -0.2) is 30.9 Å². The van der Waals surface area contributed by atoms with E-state index < -0.39 is 6.10 Å². The van der Waals surface area contributed by atoms with Crippen LogP contribution in [0, 0.1) is 13.8 Å². The molecule has 0 radical (unpaired) electrons. The van der Waals surface area contributed by atoms with Crippen molar-refractivity contribution in [3.63, 3.8) is 0 Å². The third kappa shape index (κ3) is 6.60. The molecule has 1 unspecified atom stereocenters. The van der Waals surface area contributed by atoms with Crippen molar-refractivity contribution in [1.29, 1.82) is 0 Å². The van der Waals surface area contributed by atoms with E-state index in [1.54, 1.807) is 0 Å². The van der Waals surface area contributed by atoms with Gasteiger partial charge in [0.2, 0.25) is 0 Å². The monoisotopic (exact) mass is 265 g/mol. The Balaban J connectivity index is 2.22. The molecule has 0 saturated heterocycles. The van der Waals surface area contributed by atoms with Crippen molar-refractivity contribution in [2.45, 2.75) is 46.1 Å². The minimum Gasteiger partial charge on any atom is -0.491 e. The number of ether oxygens (including phenoxy) is 1. The maximum Gasteiger partial charge on any atom is 0.122 e. The van der Waals surface area contributed by atoms with Crippen LogP contribution in [0.3, 0.4) is 0 Å². The van der Waals surface area contributed by atoms with E-state index in [0.29, 0.717) is 13.2 Å². The van der Waals surface area contributed by atoms with Crippen LogP contribution in [0.2, 0.25) is 0 Å². The number of rotatable bonds is 9. The van der Waals surface area contributed by atoms with Crippen molar-refractivity contribution in [2.24, 2.45) is 0 Å². The van der Waals surface area contributed by atoms with E-state index >= 15 is 0 Å². The number of hydrogen-bond donors (Lipinski definition) is 2. The van der Waals surface area contributed by atoms with Gasteiger partial charge in [-0.25, -0.2) is 0 Å². The average molecular weight is 265 g/mol. The number of benzene rings is 1. The van der Waals surface area contributed by atoms with Crippen molar-refractivity contribution >= 4 is 0 Å². The Morgan fingerprint density at radius 3 is 2.79 bits per heavy atom. The van der Waals surface area contributed by atoms with Gasteiger partial charge in [0.1, 0.15) is 18.5 Å². The second-order valence-corrected chi connectivity index (χ2v) is 5.15. The minimum absolute atomic E-state index is 0.338. The van der Waals surface area contributed by atoms with E-state index in [0.717, 1.165) is 17.9 Å². The summed E-state index contributed by atoms with van der Waals surface area (Å²) in [5, 5.41) is 13.1. The summed E-state index contributed by atoms with van der Waals surface area (Å²) < 4.78 is 5.67. The van der Waals surface area contributed by atoms with Gasteiger partial charge in [-0.15, -0.1) is 0 Å². The van der Waals surface area contributed by atoms with Crippen LogP contribution in [0.25, 0.3) is 0 Å². The lowest BCUT2D eigenvalue weighted by Gasteiger charge is -2.15. The normalized spacial score (nSPS) is 12.4. The van der Waals surface area contributed by atoms with Crippen LogP contribution >= 0.6 is 0 Å². The second-order valence-electron chi connectivity index (χ2n) is 5.15. The summed E-state index contributed by atoms with van der Waals surface area (Å²) in [5.41, 5.74) is 2.28. The molecular formula is C16H27NO2. The number of aliphatic hydroxyl groups excluding tert-OH is 1. The summed E-state index contributed by atoms with van der Waals surface area (Å²) in [7, 11) is 0. The van der Waals surface area contributed by atoms with Crippen molar-refractivity contribution < 1.29 is 9.84 Å². The van der Waals surface area contributed by atoms with Crippen molar-refractivity contribution in [1.82, 2.24) is 5.32 Å². The molecule has 0 saturated carbocycles. The Labute approximate surface area is 117 Å². The molecule has 1 aromatic rings. The van der Waals surface area contributed by atoms with Crippen LogP contribution in [0.5, 0.6) is 5.75 Å². The molecular weight excluding hydrogens is 238 g/mol. The van der Waals surface area contributed by atoms with Crippen LogP contribution in [0.15, 0.2) is 18.2 Å². The van der Waals surface area contributed by atoms with Crippen LogP contribution in [0.1, 0.15) is 37.3 Å². The van der Waals surface area contributed by atoms with Gasteiger partial charge in [0.05, 0.1) is 0 Å². The minimum atomic E-state index is -0.457. The molecule has 1 rings (SSSR count). The smallest absolute Gasteiger partial charge is 0.122 e.